The molecule has 0 radical (unpaired) electrons. The fourth-order valence-electron chi connectivity index (χ4n) is 7.53. The van der Waals surface area contributed by atoms with Crippen LogP contribution in [0, 0.1) is 0 Å². The molecule has 0 aliphatic carbocycles. The predicted octanol–water partition coefficient (Wildman–Crippen LogP) is 10.7. The van der Waals surface area contributed by atoms with Crippen LogP contribution in [0.2, 0.25) is 0 Å². The van der Waals surface area contributed by atoms with Gasteiger partial charge in [0.1, 0.15) is 0 Å². The summed E-state index contributed by atoms with van der Waals surface area (Å²) < 4.78 is 5.02. The van der Waals surface area contributed by atoms with Crippen molar-refractivity contribution in [3.05, 3.63) is 145 Å². The number of aromatic amines is 2. The molecule has 3 aromatic heterocycles. The Labute approximate surface area is 286 Å². The number of nitrogens with zero attached hydrogens (tertiary/aromatic N) is 2. The summed E-state index contributed by atoms with van der Waals surface area (Å²) >= 11 is 0. The molecule has 0 unspecified atom stereocenters. The van der Waals surface area contributed by atoms with Crippen LogP contribution >= 0.6 is 0 Å². The normalized spacial score (nSPS) is 11.8. The number of hydrogen-bond donors (Lipinski definition) is 2. The first-order valence-electron chi connectivity index (χ1n) is 16.6. The quantitative estimate of drug-likeness (QED) is 0.183. The lowest BCUT2D eigenvalue weighted by molar-refractivity contribution is 0.0600. The van der Waals surface area contributed by atoms with Crippen molar-refractivity contribution in [1.82, 2.24) is 19.9 Å². The monoisotopic (exact) mass is 644 g/mol. The maximum Gasteiger partial charge on any atom is 0.337 e. The van der Waals surface area contributed by atoms with Crippen molar-refractivity contribution in [3.63, 3.8) is 0 Å². The molecule has 8 aromatic rings. The van der Waals surface area contributed by atoms with E-state index in [-0.39, 0.29) is 5.97 Å². The Balaban J connectivity index is 1.43. The summed E-state index contributed by atoms with van der Waals surface area (Å²) in [7, 11) is 1.40. The molecule has 2 N–H and O–H groups in total. The molecule has 2 aliphatic rings. The number of carbonyl (C=O) groups is 1. The summed E-state index contributed by atoms with van der Waals surface area (Å²) in [5.41, 5.74) is 14.0. The van der Waals surface area contributed by atoms with Gasteiger partial charge >= 0.3 is 5.97 Å². The average molecular weight is 645 g/mol. The van der Waals surface area contributed by atoms with Crippen LogP contribution in [0.5, 0.6) is 0 Å². The Morgan fingerprint density at radius 1 is 0.520 bits per heavy atom. The van der Waals surface area contributed by atoms with Gasteiger partial charge in [-0.15, -0.1) is 0 Å². The second-order valence-corrected chi connectivity index (χ2v) is 12.7. The van der Waals surface area contributed by atoms with E-state index in [0.717, 1.165) is 99.8 Å². The second-order valence-electron chi connectivity index (χ2n) is 12.7. The molecule has 0 saturated carbocycles. The Morgan fingerprint density at radius 3 is 1.56 bits per heavy atom. The minimum atomic E-state index is -0.376. The Kier molecular flexibility index (Phi) is 6.14. The van der Waals surface area contributed by atoms with Gasteiger partial charge in [0.05, 0.1) is 41.0 Å². The fourth-order valence-corrected chi connectivity index (χ4v) is 7.53. The van der Waals surface area contributed by atoms with Gasteiger partial charge in [0.2, 0.25) is 0 Å². The Hall–Kier alpha value is -6.79. The molecule has 5 heterocycles. The van der Waals surface area contributed by atoms with Gasteiger partial charge in [0, 0.05) is 65.9 Å². The van der Waals surface area contributed by atoms with Crippen LogP contribution in [-0.2, 0) is 4.74 Å². The van der Waals surface area contributed by atoms with Gasteiger partial charge < -0.3 is 14.7 Å². The first-order chi connectivity index (χ1) is 24.6. The van der Waals surface area contributed by atoms with Gasteiger partial charge in [-0.05, 0) is 35.9 Å². The molecule has 0 amide bonds. The summed E-state index contributed by atoms with van der Waals surface area (Å²) in [6, 6.07) is 47.7. The van der Waals surface area contributed by atoms with Crippen molar-refractivity contribution in [3.8, 4) is 56.2 Å². The highest BCUT2D eigenvalue weighted by Crippen LogP contribution is 2.45. The molecule has 5 aromatic carbocycles. The molecule has 236 valence electrons. The summed E-state index contributed by atoms with van der Waals surface area (Å²) in [4.78, 5) is 30.7. The van der Waals surface area contributed by atoms with Crippen LogP contribution < -0.4 is 0 Å². The number of carbonyl (C=O) groups excluding carboxylic acids is 1. The number of aromatic nitrogens is 4. The lowest BCUT2D eigenvalue weighted by Gasteiger charge is -2.08. The smallest absolute Gasteiger partial charge is 0.337 e. The van der Waals surface area contributed by atoms with E-state index in [1.165, 1.54) is 7.11 Å². The third-order valence-corrected chi connectivity index (χ3v) is 9.86. The molecule has 0 saturated heterocycles. The number of fused-ring (bicyclic) bond motifs is 20. The van der Waals surface area contributed by atoms with Crippen LogP contribution in [0.1, 0.15) is 10.4 Å². The van der Waals surface area contributed by atoms with E-state index >= 15 is 0 Å². The zero-order valence-corrected chi connectivity index (χ0v) is 27.0. The average Bonchev–Trinajstić information content (AvgIpc) is 3.91. The molecule has 10 rings (SSSR count). The van der Waals surface area contributed by atoms with E-state index in [4.69, 9.17) is 14.7 Å². The highest BCUT2D eigenvalue weighted by Gasteiger charge is 2.23. The maximum absolute atomic E-state index is 12.4. The lowest BCUT2D eigenvalue weighted by atomic mass is 9.96. The second kappa shape index (κ2) is 10.9. The number of methoxy groups -OCH3 is 1. The van der Waals surface area contributed by atoms with E-state index in [2.05, 4.69) is 125 Å². The van der Waals surface area contributed by atoms with Gasteiger partial charge in [-0.3, -0.25) is 0 Å². The highest BCUT2D eigenvalue weighted by atomic mass is 16.5. The maximum atomic E-state index is 12.4. The van der Waals surface area contributed by atoms with Gasteiger partial charge in [0.25, 0.3) is 0 Å². The van der Waals surface area contributed by atoms with Crippen molar-refractivity contribution >= 4 is 49.6 Å². The molecule has 0 spiro atoms. The molecule has 8 bridgehead atoms. The largest absolute Gasteiger partial charge is 0.465 e. The third kappa shape index (κ3) is 4.25. The van der Waals surface area contributed by atoms with Crippen LogP contribution in [-0.4, -0.2) is 33.0 Å². The molecule has 0 fully saturated rings. The first kappa shape index (κ1) is 28.2. The van der Waals surface area contributed by atoms with Crippen LogP contribution in [0.4, 0.5) is 0 Å². The lowest BCUT2D eigenvalue weighted by Crippen LogP contribution is -2.00. The molecule has 6 nitrogen and oxygen atoms in total. The minimum absolute atomic E-state index is 0.376. The number of hydrogen-bond acceptors (Lipinski definition) is 4. The predicted molar refractivity (Wildman–Crippen MR) is 202 cm³/mol. The van der Waals surface area contributed by atoms with Crippen LogP contribution in [0.3, 0.4) is 0 Å². The van der Waals surface area contributed by atoms with Crippen LogP contribution in [0.25, 0.3) is 99.8 Å². The van der Waals surface area contributed by atoms with Crippen molar-refractivity contribution < 1.29 is 9.53 Å². The number of benzene rings is 5. The molecule has 50 heavy (non-hydrogen) atoms. The summed E-state index contributed by atoms with van der Waals surface area (Å²) in [6.07, 6.45) is 0. The number of nitrogens with one attached hydrogen (secondary N) is 2. The van der Waals surface area contributed by atoms with Gasteiger partial charge in [-0.25, -0.2) is 14.8 Å². The summed E-state index contributed by atoms with van der Waals surface area (Å²) in [5.74, 6) is -0.376. The van der Waals surface area contributed by atoms with E-state index in [9.17, 15) is 4.79 Å². The zero-order valence-electron chi connectivity index (χ0n) is 27.0. The van der Waals surface area contributed by atoms with E-state index in [0.29, 0.717) is 5.56 Å². The number of esters is 1. The van der Waals surface area contributed by atoms with Gasteiger partial charge in [0.15, 0.2) is 0 Å². The number of H-pyrrole nitrogens is 2. The molecular weight excluding hydrogens is 617 g/mol. The standard InChI is InChI=1S/C44H28N4O2/c1-50-44(49)26-20-18-25(19-21-26)41-42-33-16-8-6-14-31(33)39(47-42)23-37-29-12-4-2-10-27(29)35(45-37)22-36-28-11-3-5-13-30(28)38(46-36)24-40-32-15-7-9-17-34(32)43(41)48-40/h2-24,45,48H,1H3. The Bertz CT molecular complexity index is 2880. The number of ether oxygens (including phenoxy) is 1. The van der Waals surface area contributed by atoms with E-state index < -0.39 is 0 Å². The van der Waals surface area contributed by atoms with Gasteiger partial charge in [-0.1, -0.05) is 109 Å². The SMILES string of the molecule is COC(=O)c1ccc(-c2c3nc(cc4[nH]c(cc5nc(cc6[nH]c2c2ccccc62)-c2ccccc2-5)c2ccccc42)-c2ccccc2-3)cc1. The minimum Gasteiger partial charge on any atom is -0.465 e. The molecule has 6 heteroatoms. The zero-order chi connectivity index (χ0) is 33.3. The first-order valence-corrected chi connectivity index (χ1v) is 16.6. The molecule has 0 atom stereocenters. The summed E-state index contributed by atoms with van der Waals surface area (Å²) in [5, 5.41) is 4.38. The van der Waals surface area contributed by atoms with Crippen molar-refractivity contribution in [2.24, 2.45) is 0 Å². The van der Waals surface area contributed by atoms with E-state index in [1.54, 1.807) is 0 Å². The van der Waals surface area contributed by atoms with Crippen LogP contribution in [0.15, 0.2) is 140 Å². The third-order valence-electron chi connectivity index (χ3n) is 9.86. The highest BCUT2D eigenvalue weighted by molar-refractivity contribution is 6.15. The van der Waals surface area contributed by atoms with Crippen molar-refractivity contribution in [2.75, 3.05) is 7.11 Å². The number of rotatable bonds is 2. The summed E-state index contributed by atoms with van der Waals surface area (Å²) in [6.45, 7) is 0. The molecule has 2 aliphatic heterocycles. The van der Waals surface area contributed by atoms with Crippen molar-refractivity contribution in [2.45, 2.75) is 0 Å². The van der Waals surface area contributed by atoms with E-state index in [1.807, 2.05) is 24.3 Å². The van der Waals surface area contributed by atoms with Crippen molar-refractivity contribution in [1.29, 1.82) is 0 Å². The van der Waals surface area contributed by atoms with Gasteiger partial charge in [-0.2, -0.15) is 0 Å². The topological polar surface area (TPSA) is 83.7 Å². The Morgan fingerprint density at radius 2 is 0.980 bits per heavy atom. The molecular formula is C44H28N4O2. The fraction of sp³-hybridized carbons (Fsp3) is 0.0227.